The number of imidazole rings is 1. The van der Waals surface area contributed by atoms with Crippen molar-refractivity contribution in [3.63, 3.8) is 0 Å². The van der Waals surface area contributed by atoms with Crippen molar-refractivity contribution in [2.75, 3.05) is 6.61 Å². The number of halogens is 5. The zero-order valence-electron chi connectivity index (χ0n) is 13.9. The predicted octanol–water partition coefficient (Wildman–Crippen LogP) is 4.21. The van der Waals surface area contributed by atoms with Crippen molar-refractivity contribution in [2.45, 2.75) is 24.8 Å². The first kappa shape index (κ1) is 18.0. The van der Waals surface area contributed by atoms with Crippen LogP contribution < -0.4 is 9.30 Å². The maximum atomic E-state index is 13.1. The Morgan fingerprint density at radius 1 is 1.19 bits per heavy atom. The Kier molecular flexibility index (Phi) is 4.06. The zero-order chi connectivity index (χ0) is 19.4. The summed E-state index contributed by atoms with van der Waals surface area (Å²) in [6.07, 6.45) is -4.08. The van der Waals surface area contributed by atoms with Gasteiger partial charge in [-0.15, -0.1) is 0 Å². The smallest absolute Gasteiger partial charge is 0.456 e. The molecule has 0 saturated carbocycles. The van der Waals surface area contributed by atoms with Crippen molar-refractivity contribution in [1.29, 1.82) is 0 Å². The van der Waals surface area contributed by atoms with Gasteiger partial charge in [0.25, 0.3) is 0 Å². The Morgan fingerprint density at radius 2 is 1.93 bits per heavy atom. The molecule has 27 heavy (non-hydrogen) atoms. The highest BCUT2D eigenvalue weighted by Crippen LogP contribution is 2.37. The van der Waals surface area contributed by atoms with Crippen LogP contribution in [-0.2, 0) is 5.75 Å². The van der Waals surface area contributed by atoms with E-state index in [0.29, 0.717) is 17.3 Å². The molecule has 142 valence electrons. The summed E-state index contributed by atoms with van der Waals surface area (Å²) < 4.78 is 71.8. The van der Waals surface area contributed by atoms with Crippen LogP contribution in [0.1, 0.15) is 11.3 Å². The molecule has 0 saturated heterocycles. The molecule has 0 unspecified atom stereocenters. The van der Waals surface area contributed by atoms with Crippen LogP contribution >= 0.6 is 11.9 Å². The van der Waals surface area contributed by atoms with E-state index < -0.39 is 18.7 Å². The third-order valence-corrected chi connectivity index (χ3v) is 5.36. The fourth-order valence-corrected chi connectivity index (χ4v) is 3.99. The fourth-order valence-electron chi connectivity index (χ4n) is 2.85. The molecule has 0 N–H and O–H groups in total. The van der Waals surface area contributed by atoms with Crippen molar-refractivity contribution in [3.8, 4) is 11.7 Å². The van der Waals surface area contributed by atoms with Gasteiger partial charge in [0.2, 0.25) is 0 Å². The van der Waals surface area contributed by atoms with Crippen molar-refractivity contribution >= 4 is 23.0 Å². The van der Waals surface area contributed by atoms with E-state index in [4.69, 9.17) is 4.74 Å². The number of hydrogen-bond donors (Lipinski definition) is 0. The normalized spacial score (nSPS) is 14.1. The van der Waals surface area contributed by atoms with Crippen LogP contribution in [0.2, 0.25) is 0 Å². The minimum atomic E-state index is -5.65. The third kappa shape index (κ3) is 2.91. The lowest BCUT2D eigenvalue weighted by Gasteiger charge is -2.21. The lowest BCUT2D eigenvalue weighted by atomic mass is 10.2. The second-order valence-electron chi connectivity index (χ2n) is 6.08. The van der Waals surface area contributed by atoms with Crippen molar-refractivity contribution in [1.82, 2.24) is 8.96 Å². The molecule has 2 aromatic heterocycles. The van der Waals surface area contributed by atoms with E-state index in [1.54, 1.807) is 17.7 Å². The molecule has 0 aliphatic carbocycles. The fraction of sp³-hybridized carbons (Fsp3) is 0.294. The van der Waals surface area contributed by atoms with Gasteiger partial charge in [0.1, 0.15) is 11.4 Å². The van der Waals surface area contributed by atoms with Gasteiger partial charge >= 0.3 is 18.0 Å². The van der Waals surface area contributed by atoms with E-state index in [2.05, 4.69) is 4.98 Å². The number of aromatic nitrogens is 3. The SMILES string of the molecule is Cc1c(OCC(F)(F)C(F)(F)F)cc[n+]2c1CSn1c-2nc2ccccc21. The molecule has 0 spiro atoms. The number of hydrogen-bond acceptors (Lipinski definition) is 3. The van der Waals surface area contributed by atoms with Crippen LogP contribution in [0, 0.1) is 6.92 Å². The predicted molar refractivity (Wildman–Crippen MR) is 89.2 cm³/mol. The van der Waals surface area contributed by atoms with E-state index >= 15 is 0 Å². The molecule has 4 rings (SSSR count). The highest BCUT2D eigenvalue weighted by atomic mass is 32.2. The van der Waals surface area contributed by atoms with Gasteiger partial charge in [-0.05, 0) is 19.1 Å². The molecule has 3 heterocycles. The van der Waals surface area contributed by atoms with E-state index in [0.717, 1.165) is 16.7 Å². The number of benzene rings is 1. The first-order valence-corrected chi connectivity index (χ1v) is 8.86. The molecule has 1 aliphatic heterocycles. The lowest BCUT2D eigenvalue weighted by Crippen LogP contribution is -2.43. The zero-order valence-corrected chi connectivity index (χ0v) is 14.7. The van der Waals surface area contributed by atoms with Crippen LogP contribution in [0.25, 0.3) is 17.0 Å². The first-order valence-electron chi connectivity index (χ1n) is 7.92. The number of fused-ring (bicyclic) bond motifs is 5. The average molecular weight is 402 g/mol. The second-order valence-corrected chi connectivity index (χ2v) is 6.99. The number of rotatable bonds is 3. The van der Waals surface area contributed by atoms with Gasteiger partial charge in [-0.1, -0.05) is 17.1 Å². The molecule has 1 aliphatic rings. The Bertz CT molecular complexity index is 1030. The molecule has 0 atom stereocenters. The van der Waals surface area contributed by atoms with E-state index in [1.807, 2.05) is 28.2 Å². The summed E-state index contributed by atoms with van der Waals surface area (Å²) in [7, 11) is 0. The van der Waals surface area contributed by atoms with Crippen molar-refractivity contribution in [3.05, 3.63) is 47.8 Å². The monoisotopic (exact) mass is 402 g/mol. The quantitative estimate of drug-likeness (QED) is 0.486. The summed E-state index contributed by atoms with van der Waals surface area (Å²) in [6, 6.07) is 8.98. The average Bonchev–Trinajstić information content (AvgIpc) is 2.99. The van der Waals surface area contributed by atoms with E-state index in [9.17, 15) is 22.0 Å². The van der Waals surface area contributed by atoms with Gasteiger partial charge in [-0.3, -0.25) is 0 Å². The number of alkyl halides is 5. The summed E-state index contributed by atoms with van der Waals surface area (Å²) in [5.74, 6) is -3.79. The number of ether oxygens (including phenoxy) is 1. The van der Waals surface area contributed by atoms with Crippen LogP contribution in [0.15, 0.2) is 36.5 Å². The van der Waals surface area contributed by atoms with Gasteiger partial charge < -0.3 is 4.74 Å². The van der Waals surface area contributed by atoms with E-state index in [-0.39, 0.29) is 5.75 Å². The summed E-state index contributed by atoms with van der Waals surface area (Å²) in [5, 5.41) is 0. The first-order chi connectivity index (χ1) is 12.7. The van der Waals surface area contributed by atoms with Gasteiger partial charge in [-0.2, -0.15) is 25.9 Å². The maximum absolute atomic E-state index is 13.1. The molecule has 4 nitrogen and oxygen atoms in total. The van der Waals surface area contributed by atoms with Gasteiger partial charge in [0.05, 0.1) is 11.9 Å². The number of pyridine rings is 1. The Morgan fingerprint density at radius 3 is 2.67 bits per heavy atom. The minimum Gasteiger partial charge on any atom is -0.486 e. The number of nitrogens with zero attached hydrogens (tertiary/aromatic N) is 3. The highest BCUT2D eigenvalue weighted by molar-refractivity contribution is 7.97. The molecule has 10 heteroatoms. The van der Waals surface area contributed by atoms with Crippen LogP contribution in [0.4, 0.5) is 22.0 Å². The second kappa shape index (κ2) is 6.08. The topological polar surface area (TPSA) is 30.9 Å². The van der Waals surface area contributed by atoms with Crippen LogP contribution in [0.5, 0.6) is 5.75 Å². The van der Waals surface area contributed by atoms with Gasteiger partial charge in [-0.25, -0.2) is 4.57 Å². The summed E-state index contributed by atoms with van der Waals surface area (Å²) >= 11 is 1.47. The largest absolute Gasteiger partial charge is 0.486 e. The molecular formula is C17H13F5N3OS+. The minimum absolute atomic E-state index is 0.00432. The van der Waals surface area contributed by atoms with Crippen molar-refractivity contribution in [2.24, 2.45) is 0 Å². The summed E-state index contributed by atoms with van der Waals surface area (Å²) in [5.41, 5.74) is 2.98. The Balaban J connectivity index is 1.69. The Labute approximate surface area is 154 Å². The summed E-state index contributed by atoms with van der Waals surface area (Å²) in [4.78, 5) is 4.58. The molecule has 0 radical (unpaired) electrons. The molecule has 1 aromatic carbocycles. The summed E-state index contributed by atoms with van der Waals surface area (Å²) in [6.45, 7) is -0.127. The molecule has 3 aromatic rings. The molecule has 0 amide bonds. The maximum Gasteiger partial charge on any atom is 0.456 e. The molecule has 0 fully saturated rings. The number of para-hydroxylation sites is 2. The highest BCUT2D eigenvalue weighted by Gasteiger charge is 2.58. The van der Waals surface area contributed by atoms with E-state index in [1.165, 1.54) is 18.0 Å². The van der Waals surface area contributed by atoms with Crippen LogP contribution in [-0.4, -0.2) is 27.7 Å². The van der Waals surface area contributed by atoms with Crippen molar-refractivity contribution < 1.29 is 31.3 Å². The third-order valence-electron chi connectivity index (χ3n) is 4.34. The molecular weight excluding hydrogens is 389 g/mol. The standard InChI is InChI=1S/C17H13F5N3OS/c1-10-13-8-27-25-12-5-3-2-4-11(12)23-15(25)24(13)7-6-14(10)26-9-16(18,19)17(20,21)22/h2-7H,8-9H2,1H3/q+1. The molecule has 0 bridgehead atoms. The van der Waals surface area contributed by atoms with Crippen LogP contribution in [0.3, 0.4) is 0 Å². The van der Waals surface area contributed by atoms with Gasteiger partial charge in [0.15, 0.2) is 17.6 Å². The van der Waals surface area contributed by atoms with Gasteiger partial charge in [0, 0.05) is 23.6 Å². The lowest BCUT2D eigenvalue weighted by molar-refractivity contribution is -0.612. The Hall–Kier alpha value is -2.36.